The molecule has 0 spiro atoms. The Kier molecular flexibility index (Phi) is 6.62. The van der Waals surface area contributed by atoms with Crippen LogP contribution in [-0.4, -0.2) is 43.3 Å². The van der Waals surface area contributed by atoms with E-state index >= 15 is 0 Å². The van der Waals surface area contributed by atoms with Crippen molar-refractivity contribution >= 4 is 11.8 Å². The average molecular weight is 382 g/mol. The summed E-state index contributed by atoms with van der Waals surface area (Å²) in [4.78, 5) is 4.03. The fourth-order valence-corrected chi connectivity index (χ4v) is 3.38. The van der Waals surface area contributed by atoms with E-state index in [2.05, 4.69) is 21.8 Å². The Balaban J connectivity index is 1.63. The number of pyridine rings is 1. The Morgan fingerprint density at radius 3 is 2.74 bits per heavy atom. The first kappa shape index (κ1) is 19.1. The smallest absolute Gasteiger partial charge is 0.191 e. The van der Waals surface area contributed by atoms with E-state index in [0.717, 1.165) is 27.9 Å². The molecule has 6 nitrogen and oxygen atoms in total. The van der Waals surface area contributed by atoms with Gasteiger partial charge in [-0.25, -0.2) is 0 Å². The molecule has 0 amide bonds. The van der Waals surface area contributed by atoms with Gasteiger partial charge in [0.25, 0.3) is 0 Å². The Hall–Kier alpha value is -2.64. The molecule has 3 rings (SSSR count). The molecule has 0 fully saturated rings. The summed E-state index contributed by atoms with van der Waals surface area (Å²) in [5.41, 5.74) is 1.99. The van der Waals surface area contributed by atoms with Gasteiger partial charge < -0.3 is 9.84 Å². The topological polar surface area (TPSA) is 73.1 Å². The minimum Gasteiger partial charge on any atom is -0.491 e. The second-order valence-corrected chi connectivity index (χ2v) is 6.97. The van der Waals surface area contributed by atoms with Crippen molar-refractivity contribution in [2.45, 2.75) is 24.7 Å². The first-order chi connectivity index (χ1) is 13.2. The summed E-state index contributed by atoms with van der Waals surface area (Å²) < 4.78 is 7.68. The van der Waals surface area contributed by atoms with E-state index in [9.17, 15) is 5.11 Å². The molecule has 140 valence electrons. The van der Waals surface area contributed by atoms with Crippen LogP contribution in [0, 0.1) is 6.92 Å². The van der Waals surface area contributed by atoms with Gasteiger partial charge in [-0.3, -0.25) is 9.55 Å². The molecule has 1 aromatic carbocycles. The maximum Gasteiger partial charge on any atom is 0.191 e. The fraction of sp³-hybridized carbons (Fsp3) is 0.250. The lowest BCUT2D eigenvalue weighted by Crippen LogP contribution is -2.20. The van der Waals surface area contributed by atoms with Crippen molar-refractivity contribution in [3.05, 3.63) is 67.0 Å². The molecule has 1 atom stereocenters. The third kappa shape index (κ3) is 4.96. The molecule has 0 saturated heterocycles. The highest BCUT2D eigenvalue weighted by Crippen LogP contribution is 2.24. The van der Waals surface area contributed by atoms with Gasteiger partial charge in [-0.05, 0) is 30.7 Å². The number of aliphatic hydroxyl groups excluding tert-OH is 1. The minimum atomic E-state index is -0.618. The maximum atomic E-state index is 10.3. The van der Waals surface area contributed by atoms with E-state index < -0.39 is 6.10 Å². The van der Waals surface area contributed by atoms with Gasteiger partial charge in [-0.1, -0.05) is 36.0 Å². The summed E-state index contributed by atoms with van der Waals surface area (Å²) in [6.07, 6.45) is 4.63. The van der Waals surface area contributed by atoms with E-state index in [1.54, 1.807) is 18.5 Å². The normalized spacial score (nSPS) is 11.9. The van der Waals surface area contributed by atoms with E-state index in [0.29, 0.717) is 12.3 Å². The van der Waals surface area contributed by atoms with Gasteiger partial charge in [0, 0.05) is 30.3 Å². The molecule has 0 aliphatic heterocycles. The van der Waals surface area contributed by atoms with E-state index in [1.165, 1.54) is 11.8 Å². The Morgan fingerprint density at radius 2 is 2.00 bits per heavy atom. The maximum absolute atomic E-state index is 10.3. The molecule has 0 unspecified atom stereocenters. The van der Waals surface area contributed by atoms with Gasteiger partial charge in [0.15, 0.2) is 11.0 Å². The zero-order valence-electron chi connectivity index (χ0n) is 15.2. The van der Waals surface area contributed by atoms with Crippen molar-refractivity contribution in [1.29, 1.82) is 0 Å². The van der Waals surface area contributed by atoms with Gasteiger partial charge in [0.1, 0.15) is 12.4 Å². The van der Waals surface area contributed by atoms with Crippen LogP contribution in [0.2, 0.25) is 0 Å². The van der Waals surface area contributed by atoms with Crippen LogP contribution in [0.4, 0.5) is 0 Å². The largest absolute Gasteiger partial charge is 0.491 e. The number of allylic oxidation sites excluding steroid dienone is 1. The molecular weight excluding hydrogens is 360 g/mol. The summed E-state index contributed by atoms with van der Waals surface area (Å²) in [5.74, 6) is 2.00. The lowest BCUT2D eigenvalue weighted by molar-refractivity contribution is 0.126. The van der Waals surface area contributed by atoms with E-state index in [-0.39, 0.29) is 6.61 Å². The predicted octanol–water partition coefficient (Wildman–Crippen LogP) is 3.37. The zero-order chi connectivity index (χ0) is 19.1. The molecule has 2 aromatic heterocycles. The number of para-hydroxylation sites is 1. The van der Waals surface area contributed by atoms with Crippen LogP contribution < -0.4 is 4.74 Å². The van der Waals surface area contributed by atoms with Crippen molar-refractivity contribution in [2.75, 3.05) is 12.4 Å². The van der Waals surface area contributed by atoms with Crippen molar-refractivity contribution < 1.29 is 9.84 Å². The Labute approximate surface area is 162 Å². The summed E-state index contributed by atoms with van der Waals surface area (Å²) in [6, 6.07) is 11.5. The van der Waals surface area contributed by atoms with Crippen LogP contribution in [0.5, 0.6) is 5.75 Å². The molecule has 7 heteroatoms. The number of aromatic nitrogens is 4. The number of rotatable bonds is 9. The molecule has 2 heterocycles. The number of hydrogen-bond acceptors (Lipinski definition) is 6. The van der Waals surface area contributed by atoms with E-state index in [4.69, 9.17) is 4.74 Å². The quantitative estimate of drug-likeness (QED) is 0.452. The minimum absolute atomic E-state index is 0.227. The monoisotopic (exact) mass is 382 g/mol. The molecule has 3 aromatic rings. The SMILES string of the molecule is C=CCn1c(SC[C@@H](O)COc2ccccc2C)nnc1-c1ccncc1. The van der Waals surface area contributed by atoms with Gasteiger partial charge in [0.2, 0.25) is 0 Å². The Bertz CT molecular complexity index is 883. The number of ether oxygens (including phenoxy) is 1. The van der Waals surface area contributed by atoms with Crippen LogP contribution in [0.25, 0.3) is 11.4 Å². The van der Waals surface area contributed by atoms with Crippen molar-refractivity contribution in [3.8, 4) is 17.1 Å². The first-order valence-corrected chi connectivity index (χ1v) is 9.61. The lowest BCUT2D eigenvalue weighted by Gasteiger charge is -2.13. The molecule has 0 aliphatic rings. The van der Waals surface area contributed by atoms with Crippen LogP contribution in [-0.2, 0) is 6.54 Å². The second-order valence-electron chi connectivity index (χ2n) is 5.98. The third-order valence-electron chi connectivity index (χ3n) is 3.90. The van der Waals surface area contributed by atoms with Gasteiger partial charge in [0.05, 0.1) is 6.10 Å². The van der Waals surface area contributed by atoms with Gasteiger partial charge in [-0.15, -0.1) is 16.8 Å². The molecule has 0 radical (unpaired) electrons. The Morgan fingerprint density at radius 1 is 1.22 bits per heavy atom. The summed E-state index contributed by atoms with van der Waals surface area (Å²) in [6.45, 7) is 6.60. The highest BCUT2D eigenvalue weighted by molar-refractivity contribution is 7.99. The number of hydrogen-bond donors (Lipinski definition) is 1. The van der Waals surface area contributed by atoms with Crippen LogP contribution in [0.15, 0.2) is 66.6 Å². The number of nitrogens with zero attached hydrogens (tertiary/aromatic N) is 4. The van der Waals surface area contributed by atoms with Crippen LogP contribution in [0.1, 0.15) is 5.56 Å². The van der Waals surface area contributed by atoms with Crippen molar-refractivity contribution in [1.82, 2.24) is 19.7 Å². The van der Waals surface area contributed by atoms with Crippen LogP contribution in [0.3, 0.4) is 0 Å². The van der Waals surface area contributed by atoms with Crippen molar-refractivity contribution in [3.63, 3.8) is 0 Å². The first-order valence-electron chi connectivity index (χ1n) is 8.63. The molecule has 0 bridgehead atoms. The summed E-state index contributed by atoms with van der Waals surface area (Å²) in [5, 5.41) is 19.6. The highest BCUT2D eigenvalue weighted by atomic mass is 32.2. The number of aliphatic hydroxyl groups is 1. The molecule has 0 aliphatic carbocycles. The van der Waals surface area contributed by atoms with Crippen LogP contribution >= 0.6 is 11.8 Å². The number of benzene rings is 1. The second kappa shape index (κ2) is 9.34. The lowest BCUT2D eigenvalue weighted by atomic mass is 10.2. The summed E-state index contributed by atoms with van der Waals surface area (Å²) >= 11 is 1.45. The zero-order valence-corrected chi connectivity index (χ0v) is 16.0. The number of thioether (sulfide) groups is 1. The molecule has 0 saturated carbocycles. The van der Waals surface area contributed by atoms with E-state index in [1.807, 2.05) is 47.9 Å². The van der Waals surface area contributed by atoms with Crippen molar-refractivity contribution in [2.24, 2.45) is 0 Å². The summed E-state index contributed by atoms with van der Waals surface area (Å²) in [7, 11) is 0. The standard InChI is InChI=1S/C20H22N4O2S/c1-3-12-24-19(16-8-10-21-11-9-16)22-23-20(24)27-14-17(25)13-26-18-7-5-4-6-15(18)2/h3-11,17,25H,1,12-14H2,2H3/t17-/m0/s1. The molecule has 27 heavy (non-hydrogen) atoms. The highest BCUT2D eigenvalue weighted by Gasteiger charge is 2.15. The fourth-order valence-electron chi connectivity index (χ4n) is 2.53. The average Bonchev–Trinajstić information content (AvgIpc) is 3.09. The molecular formula is C20H22N4O2S. The number of aryl methyl sites for hydroxylation is 1. The third-order valence-corrected chi connectivity index (χ3v) is 5.01. The molecule has 1 N–H and O–H groups in total. The van der Waals surface area contributed by atoms with Gasteiger partial charge in [-0.2, -0.15) is 0 Å². The van der Waals surface area contributed by atoms with Gasteiger partial charge >= 0.3 is 0 Å². The predicted molar refractivity (Wildman–Crippen MR) is 107 cm³/mol.